The average Bonchev–Trinajstić information content (AvgIpc) is 2.53. The van der Waals surface area contributed by atoms with Crippen LogP contribution in [0.2, 0.25) is 0 Å². The molecule has 2 N–H and O–H groups in total. The third-order valence-electron chi connectivity index (χ3n) is 4.77. The van der Waals surface area contributed by atoms with Crippen LogP contribution in [0.25, 0.3) is 0 Å². The smallest absolute Gasteiger partial charge is 0.355 e. The third kappa shape index (κ3) is 5.23. The van der Waals surface area contributed by atoms with Gasteiger partial charge < -0.3 is 10.6 Å². The summed E-state index contributed by atoms with van der Waals surface area (Å²) in [6, 6.07) is 5.02. The van der Waals surface area contributed by atoms with Crippen molar-refractivity contribution in [2.45, 2.75) is 39.3 Å². The van der Waals surface area contributed by atoms with Gasteiger partial charge in [0.2, 0.25) is 5.91 Å². The molecule has 1 unspecified atom stereocenters. The lowest BCUT2D eigenvalue weighted by atomic mass is 9.81. The molecule has 1 saturated heterocycles. The van der Waals surface area contributed by atoms with E-state index in [1.54, 1.807) is 6.92 Å². The highest BCUT2D eigenvalue weighted by molar-refractivity contribution is 5.78. The van der Waals surface area contributed by atoms with Crippen molar-refractivity contribution < 1.29 is 18.0 Å². The molecule has 0 bridgehead atoms. The Kier molecular flexibility index (Phi) is 5.91. The van der Waals surface area contributed by atoms with E-state index in [-0.39, 0.29) is 17.2 Å². The van der Waals surface area contributed by atoms with Crippen molar-refractivity contribution in [2.24, 2.45) is 11.3 Å². The SMILES string of the molecule is CC(Cc1ccc(C(F)(F)F)cc1)C(=O)NCC1(C)CCNCC1. The van der Waals surface area contributed by atoms with Crippen LogP contribution >= 0.6 is 0 Å². The number of carbonyl (C=O) groups is 1. The molecule has 6 heteroatoms. The van der Waals surface area contributed by atoms with E-state index in [1.807, 2.05) is 0 Å². The number of carbonyl (C=O) groups excluding carboxylic acids is 1. The van der Waals surface area contributed by atoms with Crippen LogP contribution in [0.5, 0.6) is 0 Å². The topological polar surface area (TPSA) is 41.1 Å². The van der Waals surface area contributed by atoms with E-state index in [4.69, 9.17) is 0 Å². The number of benzene rings is 1. The third-order valence-corrected chi connectivity index (χ3v) is 4.77. The molecule has 134 valence electrons. The number of hydrogen-bond donors (Lipinski definition) is 2. The van der Waals surface area contributed by atoms with Gasteiger partial charge in [0.15, 0.2) is 0 Å². The Bertz CT molecular complexity index is 548. The average molecular weight is 342 g/mol. The molecule has 1 aliphatic rings. The van der Waals surface area contributed by atoms with Crippen LogP contribution in [-0.2, 0) is 17.4 Å². The zero-order valence-corrected chi connectivity index (χ0v) is 14.2. The molecule has 1 aromatic rings. The summed E-state index contributed by atoms with van der Waals surface area (Å²) in [4.78, 5) is 12.3. The summed E-state index contributed by atoms with van der Waals surface area (Å²) in [5.74, 6) is -0.318. The number of piperidine rings is 1. The second-order valence-corrected chi connectivity index (χ2v) is 7.08. The number of alkyl halides is 3. The molecule has 0 aliphatic carbocycles. The summed E-state index contributed by atoms with van der Waals surface area (Å²) in [6.07, 6.45) is -1.84. The Morgan fingerprint density at radius 2 is 1.83 bits per heavy atom. The molecule has 1 atom stereocenters. The fraction of sp³-hybridized carbons (Fsp3) is 0.611. The normalized spacial score (nSPS) is 18.9. The molecular weight excluding hydrogens is 317 g/mol. The minimum atomic E-state index is -4.33. The van der Waals surface area contributed by atoms with Crippen LogP contribution in [0.3, 0.4) is 0 Å². The van der Waals surface area contributed by atoms with Crippen LogP contribution in [-0.4, -0.2) is 25.5 Å². The first-order valence-electron chi connectivity index (χ1n) is 8.34. The summed E-state index contributed by atoms with van der Waals surface area (Å²) in [7, 11) is 0. The summed E-state index contributed by atoms with van der Waals surface area (Å²) in [5, 5.41) is 6.31. The van der Waals surface area contributed by atoms with Crippen molar-refractivity contribution in [3.8, 4) is 0 Å². The van der Waals surface area contributed by atoms with E-state index in [9.17, 15) is 18.0 Å². The highest BCUT2D eigenvalue weighted by Crippen LogP contribution is 2.29. The summed E-state index contributed by atoms with van der Waals surface area (Å²) in [5.41, 5.74) is 0.190. The molecule has 1 aliphatic heterocycles. The number of halogens is 3. The second kappa shape index (κ2) is 7.55. The van der Waals surface area contributed by atoms with Crippen molar-refractivity contribution in [3.05, 3.63) is 35.4 Å². The Morgan fingerprint density at radius 3 is 2.38 bits per heavy atom. The van der Waals surface area contributed by atoms with Crippen molar-refractivity contribution >= 4 is 5.91 Å². The van der Waals surface area contributed by atoms with E-state index in [0.29, 0.717) is 13.0 Å². The fourth-order valence-corrected chi connectivity index (χ4v) is 2.96. The molecule has 1 heterocycles. The molecule has 0 saturated carbocycles. The van der Waals surface area contributed by atoms with E-state index < -0.39 is 11.7 Å². The van der Waals surface area contributed by atoms with E-state index >= 15 is 0 Å². The zero-order chi connectivity index (χ0) is 17.8. The molecule has 2 rings (SSSR count). The first-order chi connectivity index (χ1) is 11.2. The van der Waals surface area contributed by atoms with Crippen LogP contribution in [0, 0.1) is 11.3 Å². The molecular formula is C18H25F3N2O. The van der Waals surface area contributed by atoms with Gasteiger partial charge in [0, 0.05) is 12.5 Å². The second-order valence-electron chi connectivity index (χ2n) is 7.08. The number of amides is 1. The summed E-state index contributed by atoms with van der Waals surface area (Å²) in [6.45, 7) is 6.55. The first kappa shape index (κ1) is 18.8. The lowest BCUT2D eigenvalue weighted by Gasteiger charge is -2.34. The van der Waals surface area contributed by atoms with Gasteiger partial charge in [-0.3, -0.25) is 4.79 Å². The van der Waals surface area contributed by atoms with Gasteiger partial charge in [0.25, 0.3) is 0 Å². The predicted octanol–water partition coefficient (Wildman–Crippen LogP) is 3.39. The predicted molar refractivity (Wildman–Crippen MR) is 87.5 cm³/mol. The quantitative estimate of drug-likeness (QED) is 0.861. The number of nitrogens with one attached hydrogen (secondary N) is 2. The highest BCUT2D eigenvalue weighted by atomic mass is 19.4. The van der Waals surface area contributed by atoms with E-state index in [0.717, 1.165) is 43.6 Å². The monoisotopic (exact) mass is 342 g/mol. The molecule has 1 amide bonds. The Labute approximate surface area is 141 Å². The van der Waals surface area contributed by atoms with Crippen LogP contribution in [0.15, 0.2) is 24.3 Å². The van der Waals surface area contributed by atoms with Gasteiger partial charge in [0.1, 0.15) is 0 Å². The largest absolute Gasteiger partial charge is 0.416 e. The fourth-order valence-electron chi connectivity index (χ4n) is 2.96. The Morgan fingerprint density at radius 1 is 1.25 bits per heavy atom. The van der Waals surface area contributed by atoms with Crippen molar-refractivity contribution in [1.82, 2.24) is 10.6 Å². The van der Waals surface area contributed by atoms with Gasteiger partial charge in [0.05, 0.1) is 5.56 Å². The van der Waals surface area contributed by atoms with Gasteiger partial charge in [-0.2, -0.15) is 13.2 Å². The van der Waals surface area contributed by atoms with Gasteiger partial charge in [-0.25, -0.2) is 0 Å². The maximum atomic E-state index is 12.6. The van der Waals surface area contributed by atoms with Gasteiger partial charge in [-0.05, 0) is 55.5 Å². The van der Waals surface area contributed by atoms with Crippen LogP contribution in [0.1, 0.15) is 37.8 Å². The first-order valence-corrected chi connectivity index (χ1v) is 8.34. The minimum Gasteiger partial charge on any atom is -0.355 e. The van der Waals surface area contributed by atoms with Gasteiger partial charge in [-0.1, -0.05) is 26.0 Å². The molecule has 1 aromatic carbocycles. The number of rotatable bonds is 5. The van der Waals surface area contributed by atoms with E-state index in [2.05, 4.69) is 17.6 Å². The minimum absolute atomic E-state index is 0.0466. The van der Waals surface area contributed by atoms with Crippen LogP contribution < -0.4 is 10.6 Å². The van der Waals surface area contributed by atoms with E-state index in [1.165, 1.54) is 12.1 Å². The van der Waals surface area contributed by atoms with Crippen molar-refractivity contribution in [1.29, 1.82) is 0 Å². The Balaban J connectivity index is 1.85. The summed E-state index contributed by atoms with van der Waals surface area (Å²) >= 11 is 0. The van der Waals surface area contributed by atoms with Crippen molar-refractivity contribution in [3.63, 3.8) is 0 Å². The zero-order valence-electron chi connectivity index (χ0n) is 14.2. The van der Waals surface area contributed by atoms with Gasteiger partial charge >= 0.3 is 6.18 Å². The summed E-state index contributed by atoms with van der Waals surface area (Å²) < 4.78 is 37.7. The molecule has 1 fully saturated rings. The van der Waals surface area contributed by atoms with Gasteiger partial charge in [-0.15, -0.1) is 0 Å². The molecule has 0 spiro atoms. The molecule has 0 aromatic heterocycles. The molecule has 24 heavy (non-hydrogen) atoms. The van der Waals surface area contributed by atoms with Crippen LogP contribution in [0.4, 0.5) is 13.2 Å². The molecule has 3 nitrogen and oxygen atoms in total. The molecule has 0 radical (unpaired) electrons. The maximum absolute atomic E-state index is 12.6. The van der Waals surface area contributed by atoms with Crippen molar-refractivity contribution in [2.75, 3.05) is 19.6 Å². The lowest BCUT2D eigenvalue weighted by Crippen LogP contribution is -2.44. The standard InChI is InChI=1S/C18H25F3N2O/c1-13(11-14-3-5-15(6-4-14)18(19,20)21)16(24)23-12-17(2)7-9-22-10-8-17/h3-6,13,22H,7-12H2,1-2H3,(H,23,24). The number of hydrogen-bond acceptors (Lipinski definition) is 2. The maximum Gasteiger partial charge on any atom is 0.416 e. The lowest BCUT2D eigenvalue weighted by molar-refractivity contribution is -0.137. The highest BCUT2D eigenvalue weighted by Gasteiger charge is 2.30. The Hall–Kier alpha value is -1.56.